The molecule has 0 aliphatic carbocycles. The van der Waals surface area contributed by atoms with Crippen molar-refractivity contribution in [2.24, 2.45) is 0 Å². The number of hydrogen-bond acceptors (Lipinski definition) is 1. The Morgan fingerprint density at radius 1 is 0.846 bits per heavy atom. The Morgan fingerprint density at radius 3 is 1.92 bits per heavy atom. The van der Waals surface area contributed by atoms with E-state index in [1.807, 2.05) is 0 Å². The van der Waals surface area contributed by atoms with E-state index in [9.17, 15) is 4.79 Å². The van der Waals surface area contributed by atoms with Crippen LogP contribution >= 0.6 is 12.4 Å². The van der Waals surface area contributed by atoms with Gasteiger partial charge in [0.15, 0.2) is 0 Å². The number of ketones is 1. The lowest BCUT2D eigenvalue weighted by atomic mass is 10.1. The van der Waals surface area contributed by atoms with Crippen molar-refractivity contribution < 1.29 is 4.79 Å². The monoisotopic (exact) mass is 206 g/mol. The molecule has 0 spiro atoms. The predicted molar refractivity (Wildman–Crippen MR) is 60.5 cm³/mol. The van der Waals surface area contributed by atoms with Crippen LogP contribution in [0.1, 0.15) is 65.2 Å². The van der Waals surface area contributed by atoms with E-state index in [2.05, 4.69) is 13.8 Å². The lowest BCUT2D eigenvalue weighted by Crippen LogP contribution is -1.96. The molecule has 13 heavy (non-hydrogen) atoms. The number of halogens is 1. The molecule has 0 aliphatic rings. The number of carbonyl (C=O) groups excluding carboxylic acids is 1. The van der Waals surface area contributed by atoms with Crippen LogP contribution in [0.15, 0.2) is 0 Å². The number of rotatable bonds is 8. The van der Waals surface area contributed by atoms with Gasteiger partial charge in [-0.2, -0.15) is 0 Å². The van der Waals surface area contributed by atoms with Crippen LogP contribution in [0.4, 0.5) is 0 Å². The van der Waals surface area contributed by atoms with E-state index in [-0.39, 0.29) is 12.4 Å². The first-order valence-corrected chi connectivity index (χ1v) is 5.33. The summed E-state index contributed by atoms with van der Waals surface area (Å²) in [5, 5.41) is 0. The van der Waals surface area contributed by atoms with E-state index in [0.717, 1.165) is 32.1 Å². The standard InChI is InChI=1S/C11H22O.ClH/c1-3-5-7-8-10-11(12)9-6-4-2;/h3-10H2,1-2H3;1H. The maximum atomic E-state index is 11.2. The van der Waals surface area contributed by atoms with Crippen LogP contribution in [-0.2, 0) is 4.79 Å². The molecule has 0 amide bonds. The Kier molecular flexibility index (Phi) is 14.2. The Balaban J connectivity index is 0. The highest BCUT2D eigenvalue weighted by Gasteiger charge is 1.99. The van der Waals surface area contributed by atoms with Crippen molar-refractivity contribution in [3.8, 4) is 0 Å². The molecular formula is C11H23ClO. The largest absolute Gasteiger partial charge is 0.300 e. The maximum absolute atomic E-state index is 11.2. The van der Waals surface area contributed by atoms with Gasteiger partial charge in [0, 0.05) is 12.8 Å². The van der Waals surface area contributed by atoms with Gasteiger partial charge in [0.05, 0.1) is 0 Å². The number of Topliss-reactive ketones (excluding diaryl/α,β-unsaturated/α-hetero) is 1. The minimum atomic E-state index is 0. The van der Waals surface area contributed by atoms with E-state index < -0.39 is 0 Å². The zero-order valence-electron chi connectivity index (χ0n) is 8.97. The second-order valence-corrected chi connectivity index (χ2v) is 3.45. The molecule has 1 nitrogen and oxygen atoms in total. The van der Waals surface area contributed by atoms with Crippen molar-refractivity contribution in [1.29, 1.82) is 0 Å². The third-order valence-corrected chi connectivity index (χ3v) is 2.12. The number of unbranched alkanes of at least 4 members (excludes halogenated alkanes) is 4. The van der Waals surface area contributed by atoms with Crippen molar-refractivity contribution in [3.05, 3.63) is 0 Å². The van der Waals surface area contributed by atoms with Crippen molar-refractivity contribution in [2.75, 3.05) is 0 Å². The first-order chi connectivity index (χ1) is 5.81. The van der Waals surface area contributed by atoms with Crippen LogP contribution in [0.2, 0.25) is 0 Å². The van der Waals surface area contributed by atoms with Gasteiger partial charge < -0.3 is 0 Å². The number of carbonyl (C=O) groups is 1. The lowest BCUT2D eigenvalue weighted by molar-refractivity contribution is -0.119. The smallest absolute Gasteiger partial charge is 0.132 e. The van der Waals surface area contributed by atoms with Gasteiger partial charge in [0.1, 0.15) is 5.78 Å². The molecule has 0 radical (unpaired) electrons. The van der Waals surface area contributed by atoms with E-state index in [1.165, 1.54) is 19.3 Å². The quantitative estimate of drug-likeness (QED) is 0.546. The Morgan fingerprint density at radius 2 is 1.38 bits per heavy atom. The van der Waals surface area contributed by atoms with Gasteiger partial charge in [0.2, 0.25) is 0 Å². The zero-order chi connectivity index (χ0) is 9.23. The summed E-state index contributed by atoms with van der Waals surface area (Å²) in [6.45, 7) is 4.32. The van der Waals surface area contributed by atoms with Crippen LogP contribution in [-0.4, -0.2) is 5.78 Å². The van der Waals surface area contributed by atoms with Crippen LogP contribution in [0.25, 0.3) is 0 Å². The summed E-state index contributed by atoms with van der Waals surface area (Å²) in [5.74, 6) is 0.466. The molecule has 0 saturated carbocycles. The van der Waals surface area contributed by atoms with Crippen molar-refractivity contribution in [3.63, 3.8) is 0 Å². The molecule has 0 rings (SSSR count). The second-order valence-electron chi connectivity index (χ2n) is 3.45. The molecule has 0 saturated heterocycles. The summed E-state index contributed by atoms with van der Waals surface area (Å²) in [6.07, 6.45) is 8.71. The summed E-state index contributed by atoms with van der Waals surface area (Å²) >= 11 is 0. The van der Waals surface area contributed by atoms with Crippen LogP contribution < -0.4 is 0 Å². The molecule has 0 heterocycles. The lowest BCUT2D eigenvalue weighted by Gasteiger charge is -1.98. The SMILES string of the molecule is CCCCCCC(=O)CCCC.Cl. The summed E-state index contributed by atoms with van der Waals surface area (Å²) in [5.41, 5.74) is 0. The zero-order valence-corrected chi connectivity index (χ0v) is 9.79. The summed E-state index contributed by atoms with van der Waals surface area (Å²) in [6, 6.07) is 0. The fourth-order valence-corrected chi connectivity index (χ4v) is 1.25. The molecule has 0 fully saturated rings. The van der Waals surface area contributed by atoms with Gasteiger partial charge in [0.25, 0.3) is 0 Å². The van der Waals surface area contributed by atoms with Crippen LogP contribution in [0.5, 0.6) is 0 Å². The average Bonchev–Trinajstić information content (AvgIpc) is 2.09. The van der Waals surface area contributed by atoms with E-state index in [4.69, 9.17) is 0 Å². The minimum absolute atomic E-state index is 0. The fourth-order valence-electron chi connectivity index (χ4n) is 1.25. The minimum Gasteiger partial charge on any atom is -0.300 e. The van der Waals surface area contributed by atoms with E-state index in [0.29, 0.717) is 5.78 Å². The molecule has 0 bridgehead atoms. The van der Waals surface area contributed by atoms with Crippen molar-refractivity contribution in [1.82, 2.24) is 0 Å². The van der Waals surface area contributed by atoms with Crippen LogP contribution in [0, 0.1) is 0 Å². The molecule has 0 aromatic rings. The topological polar surface area (TPSA) is 17.1 Å². The van der Waals surface area contributed by atoms with Gasteiger partial charge in [-0.25, -0.2) is 0 Å². The van der Waals surface area contributed by atoms with E-state index in [1.54, 1.807) is 0 Å². The molecule has 2 heteroatoms. The Bertz CT molecular complexity index is 113. The maximum Gasteiger partial charge on any atom is 0.132 e. The molecule has 0 unspecified atom stereocenters. The van der Waals surface area contributed by atoms with Gasteiger partial charge in [-0.15, -0.1) is 12.4 Å². The molecule has 0 atom stereocenters. The van der Waals surface area contributed by atoms with Crippen molar-refractivity contribution >= 4 is 18.2 Å². The molecule has 80 valence electrons. The highest BCUT2D eigenvalue weighted by Crippen LogP contribution is 2.06. The fraction of sp³-hybridized carbons (Fsp3) is 0.909. The summed E-state index contributed by atoms with van der Waals surface area (Å²) < 4.78 is 0. The first-order valence-electron chi connectivity index (χ1n) is 5.33. The normalized spacial score (nSPS) is 9.38. The second kappa shape index (κ2) is 12.0. The predicted octanol–water partition coefficient (Wildman–Crippen LogP) is 4.14. The van der Waals surface area contributed by atoms with Gasteiger partial charge in [-0.05, 0) is 12.8 Å². The van der Waals surface area contributed by atoms with Crippen molar-refractivity contribution in [2.45, 2.75) is 65.2 Å². The Labute approximate surface area is 88.7 Å². The average molecular weight is 207 g/mol. The molecule has 0 aliphatic heterocycles. The van der Waals surface area contributed by atoms with Gasteiger partial charge in [-0.1, -0.05) is 39.5 Å². The van der Waals surface area contributed by atoms with Crippen LogP contribution in [0.3, 0.4) is 0 Å². The van der Waals surface area contributed by atoms with Gasteiger partial charge in [-0.3, -0.25) is 4.79 Å². The molecule has 0 N–H and O–H groups in total. The van der Waals surface area contributed by atoms with E-state index >= 15 is 0 Å². The molecule has 0 aromatic heterocycles. The highest BCUT2D eigenvalue weighted by atomic mass is 35.5. The highest BCUT2D eigenvalue weighted by molar-refractivity contribution is 5.85. The third-order valence-electron chi connectivity index (χ3n) is 2.12. The number of hydrogen-bond donors (Lipinski definition) is 0. The molecular weight excluding hydrogens is 184 g/mol. The summed E-state index contributed by atoms with van der Waals surface area (Å²) in [4.78, 5) is 11.2. The van der Waals surface area contributed by atoms with Gasteiger partial charge >= 0.3 is 0 Å². The Hall–Kier alpha value is -0.0400. The third kappa shape index (κ3) is 12.0. The summed E-state index contributed by atoms with van der Waals surface area (Å²) in [7, 11) is 0. The molecule has 0 aromatic carbocycles. The first kappa shape index (κ1) is 15.4.